The Morgan fingerprint density at radius 1 is 0.938 bits per heavy atom. The van der Waals surface area contributed by atoms with Gasteiger partial charge in [0, 0.05) is 7.05 Å². The second-order valence-electron chi connectivity index (χ2n) is 8.42. The van der Waals surface area contributed by atoms with E-state index < -0.39 is 11.7 Å². The Hall–Kier alpha value is -3.54. The highest BCUT2D eigenvalue weighted by Crippen LogP contribution is 2.18. The van der Waals surface area contributed by atoms with Gasteiger partial charge in [-0.05, 0) is 51.0 Å². The molecule has 0 atom stereocenters. The first-order chi connectivity index (χ1) is 15.1. The zero-order chi connectivity index (χ0) is 23.6. The van der Waals surface area contributed by atoms with Crippen molar-refractivity contribution in [2.24, 2.45) is 0 Å². The van der Waals surface area contributed by atoms with Crippen LogP contribution in [0.1, 0.15) is 32.1 Å². The number of amides is 2. The van der Waals surface area contributed by atoms with Gasteiger partial charge in [-0.3, -0.25) is 4.79 Å². The standard InChI is InChI=1S/C13H20N2O4.C13H12/c1-13(2,3)19-12(17)14-8-11(16)15(4)9-10-6-5-7-18-10;1-11-7-9-13(10-8-11)12-5-3-2-4-6-12/h5-7H,8-9H2,1-4H3,(H,14,17);2-10H,1H3. The molecule has 0 radical (unpaired) electrons. The van der Waals surface area contributed by atoms with Crippen molar-refractivity contribution in [1.82, 2.24) is 10.2 Å². The number of rotatable bonds is 5. The lowest BCUT2D eigenvalue weighted by Gasteiger charge is -2.20. The summed E-state index contributed by atoms with van der Waals surface area (Å²) in [4.78, 5) is 24.6. The molecule has 3 rings (SSSR count). The molecule has 2 amide bonds. The van der Waals surface area contributed by atoms with Gasteiger partial charge < -0.3 is 19.4 Å². The quantitative estimate of drug-likeness (QED) is 0.579. The highest BCUT2D eigenvalue weighted by molar-refractivity contribution is 5.82. The number of carbonyl (C=O) groups excluding carboxylic acids is 2. The van der Waals surface area contributed by atoms with E-state index in [1.165, 1.54) is 21.6 Å². The average Bonchev–Trinajstić information content (AvgIpc) is 3.25. The van der Waals surface area contributed by atoms with Crippen LogP contribution in [0.25, 0.3) is 11.1 Å². The van der Waals surface area contributed by atoms with Crippen molar-refractivity contribution < 1.29 is 18.7 Å². The van der Waals surface area contributed by atoms with E-state index in [1.54, 1.807) is 46.2 Å². The zero-order valence-electron chi connectivity index (χ0n) is 19.4. The van der Waals surface area contributed by atoms with Crippen molar-refractivity contribution in [3.63, 3.8) is 0 Å². The van der Waals surface area contributed by atoms with E-state index >= 15 is 0 Å². The number of hydrogen-bond donors (Lipinski definition) is 1. The molecular formula is C26H32N2O4. The third-order valence-corrected chi connectivity index (χ3v) is 4.34. The number of hydrogen-bond acceptors (Lipinski definition) is 4. The zero-order valence-corrected chi connectivity index (χ0v) is 19.4. The predicted molar refractivity (Wildman–Crippen MR) is 126 cm³/mol. The first kappa shape index (κ1) is 24.7. The second-order valence-corrected chi connectivity index (χ2v) is 8.42. The third-order valence-electron chi connectivity index (χ3n) is 4.34. The summed E-state index contributed by atoms with van der Waals surface area (Å²) in [6.07, 6.45) is 0.944. The SMILES string of the molecule is CN(Cc1ccco1)C(=O)CNC(=O)OC(C)(C)C.Cc1ccc(-c2ccccc2)cc1. The number of furan rings is 1. The minimum atomic E-state index is -0.604. The van der Waals surface area contributed by atoms with Crippen molar-refractivity contribution in [2.45, 2.75) is 39.8 Å². The Bertz CT molecular complexity index is 959. The summed E-state index contributed by atoms with van der Waals surface area (Å²) in [6.45, 7) is 7.65. The second kappa shape index (κ2) is 11.7. The number of nitrogens with zero attached hydrogens (tertiary/aromatic N) is 1. The molecule has 1 aromatic heterocycles. The lowest BCUT2D eigenvalue weighted by atomic mass is 10.0. The molecule has 0 spiro atoms. The number of benzene rings is 2. The van der Waals surface area contributed by atoms with E-state index in [4.69, 9.17) is 9.15 Å². The molecule has 0 saturated heterocycles. The molecular weight excluding hydrogens is 404 g/mol. The molecule has 3 aromatic rings. The van der Waals surface area contributed by atoms with E-state index in [0.29, 0.717) is 12.3 Å². The molecule has 0 bridgehead atoms. The first-order valence-electron chi connectivity index (χ1n) is 10.5. The molecule has 1 N–H and O–H groups in total. The van der Waals surface area contributed by atoms with Crippen molar-refractivity contribution in [1.29, 1.82) is 0 Å². The summed E-state index contributed by atoms with van der Waals surface area (Å²) in [5.41, 5.74) is 3.29. The number of nitrogens with one attached hydrogen (secondary N) is 1. The Kier molecular flexibility index (Phi) is 9.08. The van der Waals surface area contributed by atoms with Gasteiger partial charge in [-0.25, -0.2) is 4.79 Å². The number of alkyl carbamates (subject to hydrolysis) is 1. The minimum absolute atomic E-state index is 0.105. The van der Waals surface area contributed by atoms with Crippen LogP contribution in [0.2, 0.25) is 0 Å². The highest BCUT2D eigenvalue weighted by Gasteiger charge is 2.17. The summed E-state index contributed by atoms with van der Waals surface area (Å²) in [5.74, 6) is 0.468. The van der Waals surface area contributed by atoms with Crippen LogP contribution in [0.3, 0.4) is 0 Å². The maximum Gasteiger partial charge on any atom is 0.408 e. The molecule has 6 nitrogen and oxygen atoms in total. The summed E-state index contributed by atoms with van der Waals surface area (Å²) in [6, 6.07) is 22.6. The average molecular weight is 437 g/mol. The van der Waals surface area contributed by atoms with Crippen LogP contribution in [0.4, 0.5) is 4.79 Å². The van der Waals surface area contributed by atoms with Crippen LogP contribution in [-0.2, 0) is 16.1 Å². The maximum atomic E-state index is 11.8. The van der Waals surface area contributed by atoms with Crippen LogP contribution >= 0.6 is 0 Å². The summed E-state index contributed by atoms with van der Waals surface area (Å²) >= 11 is 0. The van der Waals surface area contributed by atoms with Gasteiger partial charge in [0.1, 0.15) is 17.9 Å². The smallest absolute Gasteiger partial charge is 0.408 e. The van der Waals surface area contributed by atoms with Crippen LogP contribution in [-0.4, -0.2) is 36.1 Å². The fraction of sp³-hybridized carbons (Fsp3) is 0.308. The van der Waals surface area contributed by atoms with E-state index in [9.17, 15) is 9.59 Å². The van der Waals surface area contributed by atoms with Gasteiger partial charge in [0.25, 0.3) is 0 Å². The number of aryl methyl sites for hydroxylation is 1. The molecule has 170 valence electrons. The first-order valence-corrected chi connectivity index (χ1v) is 10.5. The van der Waals surface area contributed by atoms with E-state index in [-0.39, 0.29) is 12.5 Å². The number of ether oxygens (including phenoxy) is 1. The van der Waals surface area contributed by atoms with Crippen LogP contribution < -0.4 is 5.32 Å². The summed E-state index contributed by atoms with van der Waals surface area (Å²) in [5, 5.41) is 2.42. The normalized spacial score (nSPS) is 10.5. The van der Waals surface area contributed by atoms with Gasteiger partial charge in [-0.1, -0.05) is 60.2 Å². The van der Waals surface area contributed by atoms with Gasteiger partial charge in [0.2, 0.25) is 5.91 Å². The van der Waals surface area contributed by atoms with Crippen molar-refractivity contribution in [3.05, 3.63) is 84.3 Å². The predicted octanol–water partition coefficient (Wildman–Crippen LogP) is 5.42. The van der Waals surface area contributed by atoms with Gasteiger partial charge in [0.15, 0.2) is 0 Å². The molecule has 32 heavy (non-hydrogen) atoms. The fourth-order valence-electron chi connectivity index (χ4n) is 2.70. The molecule has 0 unspecified atom stereocenters. The highest BCUT2D eigenvalue weighted by atomic mass is 16.6. The maximum absolute atomic E-state index is 11.8. The summed E-state index contributed by atoms with van der Waals surface area (Å²) in [7, 11) is 1.64. The Morgan fingerprint density at radius 2 is 1.56 bits per heavy atom. The van der Waals surface area contributed by atoms with Gasteiger partial charge in [-0.2, -0.15) is 0 Å². The lowest BCUT2D eigenvalue weighted by Crippen LogP contribution is -2.40. The number of carbonyl (C=O) groups is 2. The summed E-state index contributed by atoms with van der Waals surface area (Å²) < 4.78 is 10.2. The molecule has 6 heteroatoms. The molecule has 0 aliphatic carbocycles. The van der Waals surface area contributed by atoms with Crippen molar-refractivity contribution in [2.75, 3.05) is 13.6 Å². The molecule has 0 fully saturated rings. The van der Waals surface area contributed by atoms with E-state index in [2.05, 4.69) is 60.8 Å². The molecule has 0 saturated carbocycles. The Labute approximate surface area is 190 Å². The molecule has 2 aromatic carbocycles. The lowest BCUT2D eigenvalue weighted by molar-refractivity contribution is -0.129. The van der Waals surface area contributed by atoms with Crippen molar-refractivity contribution >= 4 is 12.0 Å². The van der Waals surface area contributed by atoms with Gasteiger partial charge in [-0.15, -0.1) is 0 Å². The molecule has 1 heterocycles. The van der Waals surface area contributed by atoms with E-state index in [1.807, 2.05) is 6.07 Å². The van der Waals surface area contributed by atoms with E-state index in [0.717, 1.165) is 0 Å². The van der Waals surface area contributed by atoms with Crippen LogP contribution in [0.5, 0.6) is 0 Å². The largest absolute Gasteiger partial charge is 0.467 e. The van der Waals surface area contributed by atoms with Gasteiger partial charge >= 0.3 is 6.09 Å². The van der Waals surface area contributed by atoms with Gasteiger partial charge in [0.05, 0.1) is 12.8 Å². The van der Waals surface area contributed by atoms with Crippen LogP contribution in [0.15, 0.2) is 77.4 Å². The molecule has 0 aliphatic heterocycles. The third kappa shape index (κ3) is 9.08. The fourth-order valence-corrected chi connectivity index (χ4v) is 2.70. The Morgan fingerprint density at radius 3 is 2.12 bits per heavy atom. The monoisotopic (exact) mass is 436 g/mol. The molecule has 0 aliphatic rings. The van der Waals surface area contributed by atoms with Crippen LogP contribution in [0, 0.1) is 6.92 Å². The number of likely N-dealkylation sites (N-methyl/N-ethyl adjacent to an activating group) is 1. The minimum Gasteiger partial charge on any atom is -0.467 e. The Balaban J connectivity index is 0.000000242. The topological polar surface area (TPSA) is 71.8 Å². The van der Waals surface area contributed by atoms with Crippen molar-refractivity contribution in [3.8, 4) is 11.1 Å².